The van der Waals surface area contributed by atoms with E-state index in [1.165, 1.54) is 0 Å². The highest BCUT2D eigenvalue weighted by atomic mass is 35.5. The lowest BCUT2D eigenvalue weighted by molar-refractivity contribution is -0.123. The summed E-state index contributed by atoms with van der Waals surface area (Å²) in [5.74, 6) is 1.85. The normalized spacial score (nSPS) is 13.3. The van der Waals surface area contributed by atoms with E-state index in [1.807, 2.05) is 25.2 Å². The summed E-state index contributed by atoms with van der Waals surface area (Å²) in [6.45, 7) is 3.78. The van der Waals surface area contributed by atoms with E-state index in [9.17, 15) is 4.79 Å². The third kappa shape index (κ3) is 5.57. The Morgan fingerprint density at radius 1 is 1.22 bits per heavy atom. The number of nitrogens with zero attached hydrogens (tertiary/aromatic N) is 3. The van der Waals surface area contributed by atoms with Gasteiger partial charge in [-0.25, -0.2) is 4.68 Å². The van der Waals surface area contributed by atoms with Crippen LogP contribution in [0.25, 0.3) is 17.5 Å². The van der Waals surface area contributed by atoms with Crippen LogP contribution in [0.1, 0.15) is 31.2 Å². The standard InChI is InChI=1S/C26H31ClN6O3/c1-5-18-19(28-2)11-12-20(24(18)27)30-26-31-25(32-33(26)3)16-10-13-21(22(14-16)35-4)36-15-23(34)29-17-8-6-7-9-17/h5,10-14,17,28H,1,6-9,15H2,2-4H3,(H,29,34)(H,30,31,32). The number of rotatable bonds is 10. The Morgan fingerprint density at radius 3 is 2.67 bits per heavy atom. The van der Waals surface area contributed by atoms with Gasteiger partial charge in [-0.3, -0.25) is 4.79 Å². The molecule has 3 N–H and O–H groups in total. The maximum Gasteiger partial charge on any atom is 0.258 e. The summed E-state index contributed by atoms with van der Waals surface area (Å²) in [4.78, 5) is 16.9. The van der Waals surface area contributed by atoms with Gasteiger partial charge in [0.05, 0.1) is 17.8 Å². The molecule has 1 heterocycles. The van der Waals surface area contributed by atoms with Crippen molar-refractivity contribution in [3.05, 3.63) is 47.5 Å². The number of methoxy groups -OCH3 is 1. The number of carbonyl (C=O) groups excluding carboxylic acids is 1. The minimum Gasteiger partial charge on any atom is -0.493 e. The summed E-state index contributed by atoms with van der Waals surface area (Å²) in [5.41, 5.74) is 3.10. The number of carbonyl (C=O) groups is 1. The molecule has 0 aliphatic heterocycles. The Labute approximate surface area is 215 Å². The Hall–Kier alpha value is -3.72. The first-order valence-electron chi connectivity index (χ1n) is 11.8. The highest BCUT2D eigenvalue weighted by Gasteiger charge is 2.19. The molecule has 1 aromatic heterocycles. The molecule has 1 saturated carbocycles. The molecule has 1 amide bonds. The van der Waals surface area contributed by atoms with Crippen LogP contribution in [0.3, 0.4) is 0 Å². The van der Waals surface area contributed by atoms with E-state index in [-0.39, 0.29) is 18.6 Å². The lowest BCUT2D eigenvalue weighted by atomic mass is 10.1. The lowest BCUT2D eigenvalue weighted by Gasteiger charge is -2.14. The van der Waals surface area contributed by atoms with Crippen LogP contribution in [0.4, 0.5) is 17.3 Å². The lowest BCUT2D eigenvalue weighted by Crippen LogP contribution is -2.36. The first kappa shape index (κ1) is 25.4. The van der Waals surface area contributed by atoms with Gasteiger partial charge in [0.1, 0.15) is 0 Å². The van der Waals surface area contributed by atoms with E-state index in [2.05, 4.69) is 32.6 Å². The molecule has 0 unspecified atom stereocenters. The van der Waals surface area contributed by atoms with Crippen LogP contribution in [0.2, 0.25) is 5.02 Å². The van der Waals surface area contributed by atoms with Gasteiger partial charge in [0.15, 0.2) is 23.9 Å². The number of hydrogen-bond acceptors (Lipinski definition) is 7. The topological polar surface area (TPSA) is 102 Å². The van der Waals surface area contributed by atoms with Gasteiger partial charge in [0.25, 0.3) is 5.91 Å². The van der Waals surface area contributed by atoms with Crippen molar-refractivity contribution in [1.29, 1.82) is 0 Å². The van der Waals surface area contributed by atoms with Crippen molar-refractivity contribution >= 4 is 40.9 Å². The number of aryl methyl sites for hydroxylation is 1. The Morgan fingerprint density at radius 2 is 1.97 bits per heavy atom. The van der Waals surface area contributed by atoms with E-state index in [4.69, 9.17) is 21.1 Å². The molecule has 0 bridgehead atoms. The van der Waals surface area contributed by atoms with Crippen LogP contribution in [0.15, 0.2) is 36.9 Å². The molecule has 0 atom stereocenters. The van der Waals surface area contributed by atoms with E-state index in [1.54, 1.807) is 37.0 Å². The summed E-state index contributed by atoms with van der Waals surface area (Å²) < 4.78 is 12.9. The minimum absolute atomic E-state index is 0.0676. The molecular formula is C26H31ClN6O3. The number of ether oxygens (including phenoxy) is 2. The molecule has 10 heteroatoms. The molecule has 1 fully saturated rings. The summed E-state index contributed by atoms with van der Waals surface area (Å²) in [7, 11) is 5.18. The number of anilines is 3. The summed E-state index contributed by atoms with van der Waals surface area (Å²) in [6, 6.07) is 9.41. The van der Waals surface area contributed by atoms with Crippen molar-refractivity contribution in [2.45, 2.75) is 31.7 Å². The van der Waals surface area contributed by atoms with E-state index >= 15 is 0 Å². The SMILES string of the molecule is C=Cc1c(NC)ccc(Nc2nc(-c3ccc(OCC(=O)NC4CCCC4)c(OC)c3)nn2C)c1Cl. The predicted molar refractivity (Wildman–Crippen MR) is 143 cm³/mol. The molecule has 1 aliphatic carbocycles. The van der Waals surface area contributed by atoms with Gasteiger partial charge in [-0.15, -0.1) is 5.10 Å². The molecule has 0 radical (unpaired) electrons. The van der Waals surface area contributed by atoms with Crippen LogP contribution in [-0.2, 0) is 11.8 Å². The van der Waals surface area contributed by atoms with Gasteiger partial charge in [0.2, 0.25) is 5.95 Å². The zero-order chi connectivity index (χ0) is 25.7. The Kier molecular flexibility index (Phi) is 8.00. The number of amides is 1. The predicted octanol–water partition coefficient (Wildman–Crippen LogP) is 5.01. The number of halogens is 1. The van der Waals surface area contributed by atoms with Crippen LogP contribution >= 0.6 is 11.6 Å². The molecule has 1 aliphatic rings. The fourth-order valence-electron chi connectivity index (χ4n) is 4.25. The van der Waals surface area contributed by atoms with Crippen molar-refractivity contribution in [2.24, 2.45) is 7.05 Å². The van der Waals surface area contributed by atoms with Gasteiger partial charge in [-0.05, 0) is 43.2 Å². The van der Waals surface area contributed by atoms with Gasteiger partial charge in [0, 0.05) is 37.0 Å². The van der Waals surface area contributed by atoms with Crippen molar-refractivity contribution in [3.8, 4) is 22.9 Å². The molecule has 190 valence electrons. The average Bonchev–Trinajstić information content (AvgIpc) is 3.53. The average molecular weight is 511 g/mol. The van der Waals surface area contributed by atoms with Crippen molar-refractivity contribution in [1.82, 2.24) is 20.1 Å². The van der Waals surface area contributed by atoms with Crippen LogP contribution in [-0.4, -0.2) is 47.5 Å². The van der Waals surface area contributed by atoms with Crippen molar-refractivity contribution in [3.63, 3.8) is 0 Å². The van der Waals surface area contributed by atoms with Gasteiger partial charge in [-0.1, -0.05) is 37.1 Å². The molecule has 4 rings (SSSR count). The van der Waals surface area contributed by atoms with E-state index < -0.39 is 0 Å². The molecule has 36 heavy (non-hydrogen) atoms. The maximum atomic E-state index is 12.2. The number of hydrogen-bond donors (Lipinski definition) is 3. The Bertz CT molecular complexity index is 1250. The quantitative estimate of drug-likeness (QED) is 0.352. The van der Waals surface area contributed by atoms with Crippen LogP contribution in [0, 0.1) is 0 Å². The summed E-state index contributed by atoms with van der Waals surface area (Å²) in [6.07, 6.45) is 6.08. The monoisotopic (exact) mass is 510 g/mol. The van der Waals surface area contributed by atoms with Crippen molar-refractivity contribution < 1.29 is 14.3 Å². The molecule has 2 aromatic carbocycles. The number of aromatic nitrogens is 3. The molecule has 9 nitrogen and oxygen atoms in total. The van der Waals surface area contributed by atoms with Crippen LogP contribution in [0.5, 0.6) is 11.5 Å². The minimum atomic E-state index is -0.129. The third-order valence-corrected chi connectivity index (χ3v) is 6.57. The van der Waals surface area contributed by atoms with Gasteiger partial charge >= 0.3 is 0 Å². The zero-order valence-electron chi connectivity index (χ0n) is 20.7. The first-order valence-corrected chi connectivity index (χ1v) is 12.2. The fraction of sp³-hybridized carbons (Fsp3) is 0.346. The molecular weight excluding hydrogens is 480 g/mol. The Balaban J connectivity index is 1.48. The highest BCUT2D eigenvalue weighted by molar-refractivity contribution is 6.35. The highest BCUT2D eigenvalue weighted by Crippen LogP contribution is 2.35. The maximum absolute atomic E-state index is 12.2. The van der Waals surface area contributed by atoms with Gasteiger partial charge < -0.3 is 25.4 Å². The number of benzene rings is 2. The fourth-order valence-corrected chi connectivity index (χ4v) is 4.54. The second kappa shape index (κ2) is 11.3. The zero-order valence-corrected chi connectivity index (χ0v) is 21.5. The molecule has 0 spiro atoms. The second-order valence-corrected chi connectivity index (χ2v) is 8.93. The molecule has 3 aromatic rings. The third-order valence-electron chi connectivity index (χ3n) is 6.16. The van der Waals surface area contributed by atoms with E-state index in [0.717, 1.165) is 42.5 Å². The second-order valence-electron chi connectivity index (χ2n) is 8.55. The first-order chi connectivity index (χ1) is 17.4. The summed E-state index contributed by atoms with van der Waals surface area (Å²) in [5, 5.41) is 14.4. The van der Waals surface area contributed by atoms with Crippen molar-refractivity contribution in [2.75, 3.05) is 31.4 Å². The van der Waals surface area contributed by atoms with E-state index in [0.29, 0.717) is 34.0 Å². The number of nitrogens with one attached hydrogen (secondary N) is 3. The van der Waals surface area contributed by atoms with Gasteiger partial charge in [-0.2, -0.15) is 4.98 Å². The van der Waals surface area contributed by atoms with Crippen LogP contribution < -0.4 is 25.4 Å². The molecule has 0 saturated heterocycles. The largest absolute Gasteiger partial charge is 0.493 e. The smallest absolute Gasteiger partial charge is 0.258 e. The summed E-state index contributed by atoms with van der Waals surface area (Å²) >= 11 is 6.59.